The number of allylic oxidation sites excluding steroid dienone is 1. The summed E-state index contributed by atoms with van der Waals surface area (Å²) >= 11 is 0. The molecule has 0 aliphatic heterocycles. The Labute approximate surface area is 101 Å². The zero-order valence-corrected chi connectivity index (χ0v) is 13.5. The molecule has 0 aliphatic rings. The van der Waals surface area contributed by atoms with E-state index in [1.165, 1.54) is 0 Å². The Morgan fingerprint density at radius 2 is 1.38 bits per heavy atom. The summed E-state index contributed by atoms with van der Waals surface area (Å²) in [7, 11) is -1.66. The number of methoxy groups -OCH3 is 1. The quantitative estimate of drug-likeness (QED) is 0.414. The van der Waals surface area contributed by atoms with E-state index in [0.717, 1.165) is 0 Å². The molecule has 0 radical (unpaired) electrons. The van der Waals surface area contributed by atoms with Crippen LogP contribution in [0, 0.1) is 0 Å². The third-order valence-electron chi connectivity index (χ3n) is 1.32. The standard InChI is InChI=1S/C11H24O3Si2/c1-10(13-15(3,4)5)9-11(12-2)14-16(6,7)8/h9H,1H2,2-8H3. The van der Waals surface area contributed by atoms with Crippen molar-refractivity contribution in [3.8, 4) is 0 Å². The van der Waals surface area contributed by atoms with Crippen molar-refractivity contribution in [2.45, 2.75) is 39.3 Å². The molecular formula is C11H24O3Si2. The summed E-state index contributed by atoms with van der Waals surface area (Å²) in [5, 5.41) is 0. The SMILES string of the molecule is C=C(C=C(OC)O[Si](C)(C)C)O[Si](C)(C)C. The molecule has 0 amide bonds. The van der Waals surface area contributed by atoms with E-state index in [4.69, 9.17) is 13.6 Å². The zero-order valence-electron chi connectivity index (χ0n) is 11.5. The van der Waals surface area contributed by atoms with E-state index >= 15 is 0 Å². The van der Waals surface area contributed by atoms with E-state index in [2.05, 4.69) is 45.9 Å². The topological polar surface area (TPSA) is 27.7 Å². The Balaban J connectivity index is 4.53. The molecule has 0 rings (SSSR count). The largest absolute Gasteiger partial charge is 0.545 e. The van der Waals surface area contributed by atoms with Crippen LogP contribution in [0.1, 0.15) is 0 Å². The second-order valence-corrected chi connectivity index (χ2v) is 14.4. The molecule has 5 heteroatoms. The van der Waals surface area contributed by atoms with Crippen molar-refractivity contribution in [2.24, 2.45) is 0 Å². The van der Waals surface area contributed by atoms with Crippen LogP contribution in [0.5, 0.6) is 0 Å². The van der Waals surface area contributed by atoms with Crippen molar-refractivity contribution in [1.29, 1.82) is 0 Å². The maximum atomic E-state index is 5.72. The number of hydrogen-bond donors (Lipinski definition) is 0. The maximum absolute atomic E-state index is 5.72. The highest BCUT2D eigenvalue weighted by Crippen LogP contribution is 2.15. The molecule has 0 saturated carbocycles. The van der Waals surface area contributed by atoms with Crippen LogP contribution in [0.4, 0.5) is 0 Å². The lowest BCUT2D eigenvalue weighted by Gasteiger charge is -2.22. The average Bonchev–Trinajstić information content (AvgIpc) is 1.96. The van der Waals surface area contributed by atoms with Gasteiger partial charge in [0.2, 0.25) is 16.6 Å². The predicted octanol–water partition coefficient (Wildman–Crippen LogP) is 3.69. The third-order valence-corrected chi connectivity index (χ3v) is 3.01. The normalized spacial score (nSPS) is 13.3. The van der Waals surface area contributed by atoms with Gasteiger partial charge in [-0.05, 0) is 39.3 Å². The van der Waals surface area contributed by atoms with Gasteiger partial charge in [0, 0.05) is 0 Å². The van der Waals surface area contributed by atoms with Gasteiger partial charge in [-0.1, -0.05) is 6.58 Å². The minimum Gasteiger partial charge on any atom is -0.545 e. The molecule has 0 N–H and O–H groups in total. The van der Waals surface area contributed by atoms with Gasteiger partial charge in [-0.15, -0.1) is 0 Å². The van der Waals surface area contributed by atoms with E-state index in [1.807, 2.05) is 0 Å². The van der Waals surface area contributed by atoms with Gasteiger partial charge in [0.05, 0.1) is 13.2 Å². The zero-order chi connectivity index (χ0) is 13.0. The summed E-state index contributed by atoms with van der Waals surface area (Å²) < 4.78 is 16.6. The number of hydrogen-bond acceptors (Lipinski definition) is 3. The van der Waals surface area contributed by atoms with E-state index in [1.54, 1.807) is 13.2 Å². The highest BCUT2D eigenvalue weighted by atomic mass is 28.4. The maximum Gasteiger partial charge on any atom is 0.268 e. The minimum absolute atomic E-state index is 0.488. The molecule has 0 aromatic rings. The summed E-state index contributed by atoms with van der Waals surface area (Å²) in [6, 6.07) is 0. The Kier molecular flexibility index (Phi) is 5.35. The van der Waals surface area contributed by atoms with Crippen molar-refractivity contribution < 1.29 is 13.6 Å². The van der Waals surface area contributed by atoms with Crippen LogP contribution in [0.2, 0.25) is 39.3 Å². The Hall–Kier alpha value is -0.686. The van der Waals surface area contributed by atoms with Gasteiger partial charge in [-0.3, -0.25) is 0 Å². The summed E-state index contributed by atoms with van der Waals surface area (Å²) in [6.07, 6.45) is 1.72. The minimum atomic E-state index is -1.65. The summed E-state index contributed by atoms with van der Waals surface area (Å²) in [5.74, 6) is 1.09. The van der Waals surface area contributed by atoms with Gasteiger partial charge in [-0.25, -0.2) is 0 Å². The van der Waals surface area contributed by atoms with E-state index < -0.39 is 16.6 Å². The smallest absolute Gasteiger partial charge is 0.268 e. The van der Waals surface area contributed by atoms with Gasteiger partial charge >= 0.3 is 0 Å². The van der Waals surface area contributed by atoms with Gasteiger partial charge < -0.3 is 13.6 Å². The molecule has 0 saturated heterocycles. The van der Waals surface area contributed by atoms with Crippen LogP contribution in [0.3, 0.4) is 0 Å². The lowest BCUT2D eigenvalue weighted by atomic mass is 10.5. The fourth-order valence-electron chi connectivity index (χ4n) is 0.986. The molecule has 0 aromatic heterocycles. The average molecular weight is 260 g/mol. The van der Waals surface area contributed by atoms with Crippen molar-refractivity contribution in [1.82, 2.24) is 0 Å². The Morgan fingerprint density at radius 3 is 1.69 bits per heavy atom. The molecule has 94 valence electrons. The molecule has 16 heavy (non-hydrogen) atoms. The Morgan fingerprint density at radius 1 is 0.938 bits per heavy atom. The first-order valence-corrected chi connectivity index (χ1v) is 12.2. The molecule has 0 aliphatic carbocycles. The third kappa shape index (κ3) is 8.61. The molecule has 0 heterocycles. The first-order chi connectivity index (χ1) is 7.03. The molecule has 0 spiro atoms. The molecule has 0 atom stereocenters. The lowest BCUT2D eigenvalue weighted by Crippen LogP contribution is -2.26. The van der Waals surface area contributed by atoms with Crippen molar-refractivity contribution >= 4 is 16.6 Å². The van der Waals surface area contributed by atoms with Gasteiger partial charge in [0.25, 0.3) is 5.95 Å². The first-order valence-electron chi connectivity index (χ1n) is 5.36. The monoisotopic (exact) mass is 260 g/mol. The van der Waals surface area contributed by atoms with Crippen LogP contribution in [-0.4, -0.2) is 23.7 Å². The van der Waals surface area contributed by atoms with E-state index in [0.29, 0.717) is 11.7 Å². The highest BCUT2D eigenvalue weighted by molar-refractivity contribution is 6.70. The first kappa shape index (κ1) is 15.3. The van der Waals surface area contributed by atoms with Crippen molar-refractivity contribution in [3.63, 3.8) is 0 Å². The second kappa shape index (κ2) is 5.59. The van der Waals surface area contributed by atoms with Crippen molar-refractivity contribution in [2.75, 3.05) is 7.11 Å². The van der Waals surface area contributed by atoms with Crippen LogP contribution in [0.15, 0.2) is 24.4 Å². The number of ether oxygens (including phenoxy) is 1. The van der Waals surface area contributed by atoms with E-state index in [9.17, 15) is 0 Å². The summed E-state index contributed by atoms with van der Waals surface area (Å²) in [5.41, 5.74) is 0. The van der Waals surface area contributed by atoms with Gasteiger partial charge in [-0.2, -0.15) is 0 Å². The predicted molar refractivity (Wildman–Crippen MR) is 73.1 cm³/mol. The van der Waals surface area contributed by atoms with Gasteiger partial charge in [0.15, 0.2) is 0 Å². The summed E-state index contributed by atoms with van der Waals surface area (Å²) in [4.78, 5) is 0. The summed E-state index contributed by atoms with van der Waals surface area (Å²) in [6.45, 7) is 16.5. The fraction of sp³-hybridized carbons (Fsp3) is 0.636. The fourth-order valence-corrected chi connectivity index (χ4v) is 2.58. The lowest BCUT2D eigenvalue weighted by molar-refractivity contribution is 0.145. The molecule has 0 fully saturated rings. The molecule has 0 aromatic carbocycles. The van der Waals surface area contributed by atoms with Crippen LogP contribution >= 0.6 is 0 Å². The highest BCUT2D eigenvalue weighted by Gasteiger charge is 2.20. The van der Waals surface area contributed by atoms with Crippen molar-refractivity contribution in [3.05, 3.63) is 24.4 Å². The molecule has 3 nitrogen and oxygen atoms in total. The van der Waals surface area contributed by atoms with Crippen LogP contribution in [-0.2, 0) is 13.6 Å². The van der Waals surface area contributed by atoms with Crippen LogP contribution < -0.4 is 0 Å². The van der Waals surface area contributed by atoms with Crippen LogP contribution in [0.25, 0.3) is 0 Å². The second-order valence-electron chi connectivity index (χ2n) is 5.56. The molecular weight excluding hydrogens is 236 g/mol. The molecule has 0 unspecified atom stereocenters. The number of rotatable bonds is 6. The van der Waals surface area contributed by atoms with Gasteiger partial charge in [0.1, 0.15) is 5.76 Å². The van der Waals surface area contributed by atoms with E-state index in [-0.39, 0.29) is 0 Å². The Bertz CT molecular complexity index is 272. The molecule has 0 bridgehead atoms.